The molecule has 0 spiro atoms. The number of rotatable bonds is 4. The van der Waals surface area contributed by atoms with E-state index in [2.05, 4.69) is 19.7 Å². The Hall–Kier alpha value is -3.86. The van der Waals surface area contributed by atoms with E-state index >= 15 is 0 Å². The van der Waals surface area contributed by atoms with Crippen LogP contribution in [-0.4, -0.2) is 25.9 Å². The molecule has 4 aromatic rings. The normalized spacial score (nSPS) is 20.2. The molecule has 2 aliphatic rings. The highest BCUT2D eigenvalue weighted by atomic mass is 35.5. The molecule has 7 nitrogen and oxygen atoms in total. The first-order valence-corrected chi connectivity index (χ1v) is 11.3. The maximum Gasteiger partial charge on any atom is 0.573 e. The highest BCUT2D eigenvalue weighted by Gasteiger charge is 2.54. The van der Waals surface area contributed by atoms with Crippen molar-refractivity contribution < 1.29 is 22.3 Å². The lowest BCUT2D eigenvalue weighted by Crippen LogP contribution is -2.26. The number of nitrogen functional groups attached to an aromatic ring is 1. The average Bonchev–Trinajstić information content (AvgIpc) is 3.30. The minimum Gasteiger partial charge on any atom is -0.405 e. The molecule has 3 aromatic heterocycles. The van der Waals surface area contributed by atoms with E-state index in [0.29, 0.717) is 17.2 Å². The first-order valence-electron chi connectivity index (χ1n) is 10.9. The number of hydrogen-bond donors (Lipinski definition) is 2. The van der Waals surface area contributed by atoms with E-state index in [-0.39, 0.29) is 39.4 Å². The Labute approximate surface area is 205 Å². The molecule has 36 heavy (non-hydrogen) atoms. The van der Waals surface area contributed by atoms with Gasteiger partial charge >= 0.3 is 6.36 Å². The molecular formula is C24H16ClF4N5O2. The number of halogens is 5. The van der Waals surface area contributed by atoms with E-state index in [1.54, 1.807) is 10.6 Å². The van der Waals surface area contributed by atoms with E-state index in [4.69, 9.17) is 17.3 Å². The van der Waals surface area contributed by atoms with Gasteiger partial charge in [0.25, 0.3) is 5.56 Å². The molecular weight excluding hydrogens is 502 g/mol. The molecule has 1 aliphatic carbocycles. The maximum atomic E-state index is 14.3. The standard InChI is InChI=1S/C24H16ClF4N5O2/c25-11-1-3-18(36-24(27,28)29)13(7-11)10-5-17-14-8-15(14)21(34(17)20(35)6-10)23-31-9-16(32-23)12-2-4-19(30)33-22(12)26/h1-7,9,14-15,21H,8H2,(H2,30,33)(H,31,32)/t14-,15?,21?/m0/s1. The zero-order chi connectivity index (χ0) is 25.4. The van der Waals surface area contributed by atoms with Crippen LogP contribution in [0.3, 0.4) is 0 Å². The zero-order valence-electron chi connectivity index (χ0n) is 18.2. The van der Waals surface area contributed by atoms with Crippen LogP contribution in [0.4, 0.5) is 23.4 Å². The number of nitrogens with one attached hydrogen (secondary N) is 1. The third-order valence-electron chi connectivity index (χ3n) is 6.52. The first-order chi connectivity index (χ1) is 17.1. The number of fused-ring (bicyclic) bond motifs is 3. The van der Waals surface area contributed by atoms with Crippen LogP contribution in [-0.2, 0) is 0 Å². The van der Waals surface area contributed by atoms with Crippen molar-refractivity contribution in [1.29, 1.82) is 0 Å². The predicted octanol–water partition coefficient (Wildman–Crippen LogP) is 5.28. The second kappa shape index (κ2) is 7.82. The van der Waals surface area contributed by atoms with Crippen molar-refractivity contribution in [3.8, 4) is 28.1 Å². The fourth-order valence-corrected chi connectivity index (χ4v) is 5.15. The van der Waals surface area contributed by atoms with Crippen molar-refractivity contribution in [2.24, 2.45) is 5.92 Å². The number of anilines is 1. The fraction of sp³-hybridized carbons (Fsp3) is 0.208. The van der Waals surface area contributed by atoms with Gasteiger partial charge in [-0.15, -0.1) is 13.2 Å². The number of alkyl halides is 3. The lowest BCUT2D eigenvalue weighted by atomic mass is 10.0. The van der Waals surface area contributed by atoms with Crippen LogP contribution in [0.1, 0.15) is 29.9 Å². The van der Waals surface area contributed by atoms with E-state index < -0.39 is 29.7 Å². The number of imidazole rings is 1. The topological polar surface area (TPSA) is 98.8 Å². The SMILES string of the molecule is Nc1ccc(-c2cnc(C3C4C[C@@H]4c4cc(-c5cc(Cl)ccc5OC(F)(F)F)cc(=O)n43)[nH]2)c(F)n1. The maximum absolute atomic E-state index is 14.3. The number of nitrogens with zero attached hydrogens (tertiary/aromatic N) is 3. The van der Waals surface area contributed by atoms with Gasteiger partial charge in [-0.3, -0.25) is 4.79 Å². The summed E-state index contributed by atoms with van der Waals surface area (Å²) < 4.78 is 58.9. The number of pyridine rings is 2. The molecule has 6 rings (SSSR count). The average molecular weight is 518 g/mol. The third-order valence-corrected chi connectivity index (χ3v) is 6.75. The number of H-pyrrole nitrogens is 1. The molecule has 4 heterocycles. The molecule has 1 aromatic carbocycles. The van der Waals surface area contributed by atoms with Crippen molar-refractivity contribution in [1.82, 2.24) is 19.5 Å². The van der Waals surface area contributed by atoms with Crippen LogP contribution in [0.5, 0.6) is 5.75 Å². The Morgan fingerprint density at radius 3 is 2.69 bits per heavy atom. The Bertz CT molecular complexity index is 1580. The summed E-state index contributed by atoms with van der Waals surface area (Å²) in [7, 11) is 0. The van der Waals surface area contributed by atoms with E-state index in [9.17, 15) is 22.4 Å². The van der Waals surface area contributed by atoms with Gasteiger partial charge in [-0.05, 0) is 54.3 Å². The van der Waals surface area contributed by atoms with Crippen LogP contribution in [0.15, 0.2) is 53.5 Å². The van der Waals surface area contributed by atoms with Gasteiger partial charge in [0.2, 0.25) is 5.95 Å². The Morgan fingerprint density at radius 2 is 1.94 bits per heavy atom. The van der Waals surface area contributed by atoms with Gasteiger partial charge in [0, 0.05) is 28.3 Å². The molecule has 0 amide bonds. The van der Waals surface area contributed by atoms with E-state index in [0.717, 1.165) is 12.5 Å². The molecule has 3 atom stereocenters. The Kier molecular flexibility index (Phi) is 4.91. The van der Waals surface area contributed by atoms with Crippen LogP contribution >= 0.6 is 11.6 Å². The molecule has 3 N–H and O–H groups in total. The van der Waals surface area contributed by atoms with Crippen molar-refractivity contribution in [2.75, 3.05) is 5.73 Å². The molecule has 184 valence electrons. The number of benzene rings is 1. The van der Waals surface area contributed by atoms with E-state index in [1.165, 1.54) is 36.5 Å². The lowest BCUT2D eigenvalue weighted by Gasteiger charge is -2.18. The molecule has 0 saturated heterocycles. The smallest absolute Gasteiger partial charge is 0.405 e. The fourth-order valence-electron chi connectivity index (χ4n) is 4.97. The summed E-state index contributed by atoms with van der Waals surface area (Å²) in [6, 6.07) is 9.22. The molecule has 1 fully saturated rings. The molecule has 0 radical (unpaired) electrons. The minimum absolute atomic E-state index is 0.0392. The summed E-state index contributed by atoms with van der Waals surface area (Å²) in [5.41, 5.74) is 6.71. The second-order valence-electron chi connectivity index (χ2n) is 8.77. The van der Waals surface area contributed by atoms with Crippen molar-refractivity contribution in [3.05, 3.63) is 81.5 Å². The number of aromatic nitrogens is 4. The van der Waals surface area contributed by atoms with Gasteiger partial charge in [-0.1, -0.05) is 11.6 Å². The van der Waals surface area contributed by atoms with Crippen molar-refractivity contribution >= 4 is 17.4 Å². The van der Waals surface area contributed by atoms with Crippen molar-refractivity contribution in [2.45, 2.75) is 24.7 Å². The molecule has 1 aliphatic heterocycles. The summed E-state index contributed by atoms with van der Waals surface area (Å²) in [6.07, 6.45) is -2.66. The van der Waals surface area contributed by atoms with Gasteiger partial charge in [0.1, 0.15) is 17.4 Å². The second-order valence-corrected chi connectivity index (χ2v) is 9.21. The summed E-state index contributed by atoms with van der Waals surface area (Å²) in [4.78, 5) is 24.4. The molecule has 12 heteroatoms. The lowest BCUT2D eigenvalue weighted by molar-refractivity contribution is -0.274. The van der Waals surface area contributed by atoms with Gasteiger partial charge in [0.05, 0.1) is 23.5 Å². The number of nitrogens with two attached hydrogens (primary N) is 1. The number of aromatic amines is 1. The van der Waals surface area contributed by atoms with Gasteiger partial charge in [0.15, 0.2) is 0 Å². The predicted molar refractivity (Wildman–Crippen MR) is 123 cm³/mol. The largest absolute Gasteiger partial charge is 0.573 e. The molecule has 1 saturated carbocycles. The highest BCUT2D eigenvalue weighted by molar-refractivity contribution is 6.31. The number of hydrogen-bond acceptors (Lipinski definition) is 5. The highest BCUT2D eigenvalue weighted by Crippen LogP contribution is 2.60. The summed E-state index contributed by atoms with van der Waals surface area (Å²) >= 11 is 6.04. The molecule has 0 bridgehead atoms. The Morgan fingerprint density at radius 1 is 1.14 bits per heavy atom. The van der Waals surface area contributed by atoms with Gasteiger partial charge in [-0.2, -0.15) is 4.39 Å². The zero-order valence-corrected chi connectivity index (χ0v) is 18.9. The van der Waals surface area contributed by atoms with E-state index in [1.807, 2.05) is 0 Å². The van der Waals surface area contributed by atoms with Gasteiger partial charge in [-0.25, -0.2) is 9.97 Å². The minimum atomic E-state index is -4.91. The first kappa shape index (κ1) is 22.6. The summed E-state index contributed by atoms with van der Waals surface area (Å²) in [5.74, 6) is -0.558. The Balaban J connectivity index is 1.40. The van der Waals surface area contributed by atoms with Crippen LogP contribution < -0.4 is 16.0 Å². The van der Waals surface area contributed by atoms with Crippen LogP contribution in [0, 0.1) is 11.9 Å². The van der Waals surface area contributed by atoms with Gasteiger partial charge < -0.3 is 20.0 Å². The third kappa shape index (κ3) is 3.79. The summed E-state index contributed by atoms with van der Waals surface area (Å²) in [6.45, 7) is 0. The summed E-state index contributed by atoms with van der Waals surface area (Å²) in [5, 5.41) is 0.204. The monoisotopic (exact) mass is 517 g/mol. The van der Waals surface area contributed by atoms with Crippen molar-refractivity contribution in [3.63, 3.8) is 0 Å². The quantitative estimate of drug-likeness (QED) is 0.283. The van der Waals surface area contributed by atoms with Crippen LogP contribution in [0.25, 0.3) is 22.4 Å². The number of ether oxygens (including phenoxy) is 1. The van der Waals surface area contributed by atoms with Crippen LogP contribution in [0.2, 0.25) is 5.02 Å². The molecule has 2 unspecified atom stereocenters.